The first kappa shape index (κ1) is 13.1. The molecular formula is C10H12BrNO4. The van der Waals surface area contributed by atoms with Gasteiger partial charge in [0.15, 0.2) is 6.29 Å². The largest absolute Gasteiger partial charge is 0.356 e. The lowest BCUT2D eigenvalue weighted by molar-refractivity contribution is -0.385. The lowest BCUT2D eigenvalue weighted by Crippen LogP contribution is -2.16. The standard InChI is InChI=1S/C10H12BrNO4/c1-15-10(16-2)5-7-3-4-8(11)6-9(7)12(13)14/h3-4,6,10H,5H2,1-2H3. The molecule has 0 spiro atoms. The Labute approximate surface area is 102 Å². The van der Waals surface area contributed by atoms with E-state index in [9.17, 15) is 10.1 Å². The normalized spacial score (nSPS) is 10.8. The average Bonchev–Trinajstić information content (AvgIpc) is 2.27. The molecule has 0 aliphatic rings. The van der Waals surface area contributed by atoms with Gasteiger partial charge in [-0.2, -0.15) is 0 Å². The maximum Gasteiger partial charge on any atom is 0.273 e. The molecule has 0 radical (unpaired) electrons. The third-order valence-electron chi connectivity index (χ3n) is 2.16. The van der Waals surface area contributed by atoms with Gasteiger partial charge in [0.05, 0.1) is 4.92 Å². The van der Waals surface area contributed by atoms with Crippen molar-refractivity contribution in [3.8, 4) is 0 Å². The summed E-state index contributed by atoms with van der Waals surface area (Å²) in [6.07, 6.45) is -0.128. The highest BCUT2D eigenvalue weighted by molar-refractivity contribution is 9.10. The summed E-state index contributed by atoms with van der Waals surface area (Å²) >= 11 is 3.20. The van der Waals surface area contributed by atoms with Crippen molar-refractivity contribution >= 4 is 21.6 Å². The Bertz CT molecular complexity index is 379. The van der Waals surface area contributed by atoms with Gasteiger partial charge in [0, 0.05) is 36.7 Å². The molecule has 0 saturated heterocycles. The number of benzene rings is 1. The van der Waals surface area contributed by atoms with Crippen LogP contribution in [-0.4, -0.2) is 25.4 Å². The van der Waals surface area contributed by atoms with E-state index in [0.717, 1.165) is 0 Å². The van der Waals surface area contributed by atoms with E-state index in [1.807, 2.05) is 0 Å². The zero-order chi connectivity index (χ0) is 12.1. The van der Waals surface area contributed by atoms with Crippen molar-refractivity contribution in [1.82, 2.24) is 0 Å². The van der Waals surface area contributed by atoms with E-state index in [1.54, 1.807) is 12.1 Å². The zero-order valence-electron chi connectivity index (χ0n) is 8.97. The van der Waals surface area contributed by atoms with Gasteiger partial charge in [-0.3, -0.25) is 10.1 Å². The smallest absolute Gasteiger partial charge is 0.273 e. The van der Waals surface area contributed by atoms with Crippen LogP contribution in [0.25, 0.3) is 0 Å². The second-order valence-corrected chi connectivity index (χ2v) is 4.05. The Hall–Kier alpha value is -0.980. The molecule has 16 heavy (non-hydrogen) atoms. The highest BCUT2D eigenvalue weighted by atomic mass is 79.9. The molecule has 1 aromatic carbocycles. The quantitative estimate of drug-likeness (QED) is 0.475. The fourth-order valence-electron chi connectivity index (χ4n) is 1.32. The summed E-state index contributed by atoms with van der Waals surface area (Å²) in [5, 5.41) is 10.8. The molecule has 0 heterocycles. The van der Waals surface area contributed by atoms with E-state index in [2.05, 4.69) is 15.9 Å². The van der Waals surface area contributed by atoms with Crippen LogP contribution in [0, 0.1) is 10.1 Å². The van der Waals surface area contributed by atoms with E-state index < -0.39 is 11.2 Å². The summed E-state index contributed by atoms with van der Waals surface area (Å²) in [7, 11) is 3.00. The molecule has 1 rings (SSSR count). The summed E-state index contributed by atoms with van der Waals surface area (Å²) in [6.45, 7) is 0. The highest BCUT2D eigenvalue weighted by Gasteiger charge is 2.17. The molecule has 5 nitrogen and oxygen atoms in total. The SMILES string of the molecule is COC(Cc1ccc(Br)cc1[N+](=O)[O-])OC. The van der Waals surface area contributed by atoms with Gasteiger partial charge in [-0.1, -0.05) is 22.0 Å². The van der Waals surface area contributed by atoms with Gasteiger partial charge in [-0.15, -0.1) is 0 Å². The number of nitrogens with zero attached hydrogens (tertiary/aromatic N) is 1. The van der Waals surface area contributed by atoms with Crippen LogP contribution in [0.1, 0.15) is 5.56 Å². The monoisotopic (exact) mass is 289 g/mol. The van der Waals surface area contributed by atoms with Gasteiger partial charge >= 0.3 is 0 Å². The second-order valence-electron chi connectivity index (χ2n) is 3.14. The van der Waals surface area contributed by atoms with Crippen LogP contribution in [0.4, 0.5) is 5.69 Å². The van der Waals surface area contributed by atoms with Crippen molar-refractivity contribution in [2.24, 2.45) is 0 Å². The molecular weight excluding hydrogens is 278 g/mol. The third kappa shape index (κ3) is 3.26. The predicted octanol–water partition coefficient (Wildman–Crippen LogP) is 2.52. The summed E-state index contributed by atoms with van der Waals surface area (Å²) in [5.41, 5.74) is 0.648. The first-order chi connectivity index (χ1) is 7.58. The van der Waals surface area contributed by atoms with Crippen LogP contribution in [0.5, 0.6) is 0 Å². The van der Waals surface area contributed by atoms with Crippen LogP contribution < -0.4 is 0 Å². The molecule has 0 bridgehead atoms. The van der Waals surface area contributed by atoms with Gasteiger partial charge < -0.3 is 9.47 Å². The molecule has 0 amide bonds. The molecule has 0 aliphatic heterocycles. The maximum absolute atomic E-state index is 10.8. The van der Waals surface area contributed by atoms with Gasteiger partial charge in [0.25, 0.3) is 5.69 Å². The topological polar surface area (TPSA) is 61.6 Å². The lowest BCUT2D eigenvalue weighted by Gasteiger charge is -2.13. The minimum atomic E-state index is -0.472. The number of hydrogen-bond donors (Lipinski definition) is 0. The van der Waals surface area contributed by atoms with E-state index in [1.165, 1.54) is 20.3 Å². The molecule has 0 aliphatic carbocycles. The van der Waals surface area contributed by atoms with Crippen LogP contribution in [0.2, 0.25) is 0 Å². The number of nitro benzene ring substituents is 1. The maximum atomic E-state index is 10.8. The molecule has 6 heteroatoms. The zero-order valence-corrected chi connectivity index (χ0v) is 10.6. The van der Waals surface area contributed by atoms with E-state index in [4.69, 9.17) is 9.47 Å². The second kappa shape index (κ2) is 5.93. The Balaban J connectivity index is 2.98. The number of ether oxygens (including phenoxy) is 2. The fourth-order valence-corrected chi connectivity index (χ4v) is 1.67. The Kier molecular flexibility index (Phi) is 4.85. The predicted molar refractivity (Wildman–Crippen MR) is 62.3 cm³/mol. The van der Waals surface area contributed by atoms with E-state index >= 15 is 0 Å². The summed E-state index contributed by atoms with van der Waals surface area (Å²) in [4.78, 5) is 10.4. The molecule has 88 valence electrons. The van der Waals surface area contributed by atoms with Crippen LogP contribution in [0.3, 0.4) is 0 Å². The fraction of sp³-hybridized carbons (Fsp3) is 0.400. The number of methoxy groups -OCH3 is 2. The number of halogens is 1. The Morgan fingerprint density at radius 1 is 1.44 bits per heavy atom. The van der Waals surface area contributed by atoms with Gasteiger partial charge in [-0.25, -0.2) is 0 Å². The Morgan fingerprint density at radius 2 is 2.06 bits per heavy atom. The highest BCUT2D eigenvalue weighted by Crippen LogP contribution is 2.25. The van der Waals surface area contributed by atoms with Crippen LogP contribution in [0.15, 0.2) is 22.7 Å². The van der Waals surface area contributed by atoms with E-state index in [0.29, 0.717) is 16.5 Å². The summed E-state index contributed by atoms with van der Waals surface area (Å²) in [6, 6.07) is 4.91. The number of rotatable bonds is 5. The molecule has 0 atom stereocenters. The van der Waals surface area contributed by atoms with E-state index in [-0.39, 0.29) is 5.69 Å². The first-order valence-electron chi connectivity index (χ1n) is 4.57. The molecule has 0 unspecified atom stereocenters. The molecule has 0 saturated carbocycles. The van der Waals surface area contributed by atoms with Crippen molar-refractivity contribution < 1.29 is 14.4 Å². The number of nitro groups is 1. The van der Waals surface area contributed by atoms with Crippen molar-refractivity contribution in [3.63, 3.8) is 0 Å². The van der Waals surface area contributed by atoms with Crippen LogP contribution >= 0.6 is 15.9 Å². The third-order valence-corrected chi connectivity index (χ3v) is 2.65. The Morgan fingerprint density at radius 3 is 2.56 bits per heavy atom. The van der Waals surface area contributed by atoms with Gasteiger partial charge in [0.2, 0.25) is 0 Å². The molecule has 0 N–H and O–H groups in total. The molecule has 1 aromatic rings. The van der Waals surface area contributed by atoms with Gasteiger partial charge in [0.1, 0.15) is 0 Å². The first-order valence-corrected chi connectivity index (χ1v) is 5.36. The van der Waals surface area contributed by atoms with Crippen molar-refractivity contribution in [1.29, 1.82) is 0 Å². The lowest BCUT2D eigenvalue weighted by atomic mass is 10.1. The van der Waals surface area contributed by atoms with Gasteiger partial charge in [-0.05, 0) is 6.07 Å². The van der Waals surface area contributed by atoms with Crippen molar-refractivity contribution in [2.45, 2.75) is 12.7 Å². The van der Waals surface area contributed by atoms with Crippen LogP contribution in [-0.2, 0) is 15.9 Å². The molecule has 0 fully saturated rings. The number of hydrogen-bond acceptors (Lipinski definition) is 4. The van der Waals surface area contributed by atoms with Crippen molar-refractivity contribution in [2.75, 3.05) is 14.2 Å². The molecule has 0 aromatic heterocycles. The minimum absolute atomic E-state index is 0.0634. The minimum Gasteiger partial charge on any atom is -0.356 e. The summed E-state index contributed by atoms with van der Waals surface area (Å²) in [5.74, 6) is 0. The van der Waals surface area contributed by atoms with Crippen molar-refractivity contribution in [3.05, 3.63) is 38.3 Å². The summed E-state index contributed by atoms with van der Waals surface area (Å²) < 4.78 is 10.7. The average molecular weight is 290 g/mol.